The molecule has 0 saturated heterocycles. The number of guanidine groups is 1. The van der Waals surface area contributed by atoms with Crippen molar-refractivity contribution in [1.82, 2.24) is 0 Å². The number of carboxylic acids is 1. The Bertz CT molecular complexity index is 269. The van der Waals surface area contributed by atoms with E-state index in [1.54, 1.807) is 0 Å². The van der Waals surface area contributed by atoms with Crippen molar-refractivity contribution in [3.05, 3.63) is 0 Å². The van der Waals surface area contributed by atoms with Crippen molar-refractivity contribution in [2.24, 2.45) is 27.2 Å². The van der Waals surface area contributed by atoms with Crippen LogP contribution in [0.2, 0.25) is 0 Å². The summed E-state index contributed by atoms with van der Waals surface area (Å²) in [6.45, 7) is 0.420. The Morgan fingerprint density at radius 3 is 2.31 bits per heavy atom. The molecule has 0 aliphatic rings. The topological polar surface area (TPSA) is 157 Å². The number of carboxylic acid groups (broad SMARTS) is 1. The maximum atomic E-state index is 10.2. The second kappa shape index (κ2) is 11.2. The van der Waals surface area contributed by atoms with Gasteiger partial charge in [-0.3, -0.25) is 9.79 Å². The van der Waals surface area contributed by atoms with Gasteiger partial charge in [-0.1, -0.05) is 0 Å². The highest BCUT2D eigenvalue weighted by Gasteiger charge is 2.09. The number of carbonyl (C=O) groups excluding carboxylic acids is 1. The molecule has 0 rings (SSSR count). The molecule has 0 amide bonds. The van der Waals surface area contributed by atoms with Crippen molar-refractivity contribution in [3.63, 3.8) is 0 Å². The Morgan fingerprint density at radius 2 is 2.00 bits per heavy atom. The van der Waals surface area contributed by atoms with Crippen LogP contribution < -0.4 is 17.2 Å². The maximum absolute atomic E-state index is 10.2. The molecule has 0 aliphatic carbocycles. The van der Waals surface area contributed by atoms with Gasteiger partial charge in [-0.15, -0.1) is 0 Å². The molecule has 8 nitrogen and oxygen atoms in total. The molecule has 0 aromatic heterocycles. The number of hydrogen-bond donors (Lipinski definition) is 4. The fraction of sp³-hybridized carbons (Fsp3) is 0.625. The second-order valence-electron chi connectivity index (χ2n) is 2.71. The summed E-state index contributed by atoms with van der Waals surface area (Å²) in [6.07, 6.45) is 2.26. The zero-order chi connectivity index (χ0) is 13.0. The van der Waals surface area contributed by atoms with E-state index in [0.717, 1.165) is 0 Å². The average molecular weight is 231 g/mol. The van der Waals surface area contributed by atoms with Gasteiger partial charge < -0.3 is 22.3 Å². The van der Waals surface area contributed by atoms with E-state index in [0.29, 0.717) is 19.4 Å². The summed E-state index contributed by atoms with van der Waals surface area (Å²) in [5, 5.41) is 8.38. The highest BCUT2D eigenvalue weighted by molar-refractivity contribution is 5.75. The molecular formula is C8H17N5O3. The van der Waals surface area contributed by atoms with E-state index >= 15 is 0 Å². The lowest BCUT2D eigenvalue weighted by Crippen LogP contribution is -2.30. The number of nitrogens with zero attached hydrogens (tertiary/aromatic N) is 2. The molecule has 92 valence electrons. The number of carbonyl (C=O) groups is 1. The Labute approximate surface area is 93.2 Å². The summed E-state index contributed by atoms with van der Waals surface area (Å²) in [5.74, 6) is -0.987. The lowest BCUT2D eigenvalue weighted by molar-refractivity contribution is -0.138. The highest BCUT2D eigenvalue weighted by Crippen LogP contribution is 1.94. The minimum absolute atomic E-state index is 0.0129. The lowest BCUT2D eigenvalue weighted by atomic mass is 10.2. The smallest absolute Gasteiger partial charge is 0.320 e. The summed E-state index contributed by atoms with van der Waals surface area (Å²) >= 11 is 0. The van der Waals surface area contributed by atoms with Crippen LogP contribution in [0.4, 0.5) is 0 Å². The molecular weight excluding hydrogens is 214 g/mol. The third kappa shape index (κ3) is 14.6. The van der Waals surface area contributed by atoms with E-state index in [1.165, 1.54) is 13.1 Å². The quantitative estimate of drug-likeness (QED) is 0.193. The predicted molar refractivity (Wildman–Crippen MR) is 59.6 cm³/mol. The van der Waals surface area contributed by atoms with Crippen molar-refractivity contribution in [3.8, 4) is 0 Å². The number of rotatable bonds is 5. The van der Waals surface area contributed by atoms with Crippen LogP contribution in [0.3, 0.4) is 0 Å². The second-order valence-corrected chi connectivity index (χ2v) is 2.71. The minimum atomic E-state index is -1.00. The van der Waals surface area contributed by atoms with E-state index in [2.05, 4.69) is 9.98 Å². The van der Waals surface area contributed by atoms with Crippen molar-refractivity contribution < 1.29 is 14.7 Å². The van der Waals surface area contributed by atoms with Crippen molar-refractivity contribution >= 4 is 18.0 Å². The van der Waals surface area contributed by atoms with Crippen LogP contribution in [0, 0.1) is 0 Å². The maximum Gasteiger partial charge on any atom is 0.320 e. The van der Waals surface area contributed by atoms with E-state index in [1.807, 2.05) is 0 Å². The first kappa shape index (κ1) is 16.5. The molecule has 0 saturated carbocycles. The van der Waals surface area contributed by atoms with Gasteiger partial charge >= 0.3 is 5.97 Å². The van der Waals surface area contributed by atoms with Crippen molar-refractivity contribution in [1.29, 1.82) is 0 Å². The van der Waals surface area contributed by atoms with Crippen LogP contribution in [-0.2, 0) is 9.59 Å². The Hall–Kier alpha value is -1.92. The number of isocyanates is 1. The first-order valence-electron chi connectivity index (χ1n) is 4.45. The first-order valence-corrected chi connectivity index (χ1v) is 4.45. The molecule has 0 unspecified atom stereocenters. The molecule has 0 aliphatic heterocycles. The van der Waals surface area contributed by atoms with Crippen LogP contribution >= 0.6 is 0 Å². The van der Waals surface area contributed by atoms with Gasteiger partial charge in [0.15, 0.2) is 5.96 Å². The monoisotopic (exact) mass is 231 g/mol. The van der Waals surface area contributed by atoms with Gasteiger partial charge in [0.2, 0.25) is 6.08 Å². The number of aliphatic imine (C=N–C) groups is 2. The van der Waals surface area contributed by atoms with E-state index in [9.17, 15) is 4.79 Å². The van der Waals surface area contributed by atoms with Gasteiger partial charge in [-0.2, -0.15) is 0 Å². The summed E-state index contributed by atoms with van der Waals surface area (Å²) in [5.41, 5.74) is 15.3. The van der Waals surface area contributed by atoms with Gasteiger partial charge in [0.25, 0.3) is 0 Å². The van der Waals surface area contributed by atoms with Gasteiger partial charge in [0.1, 0.15) is 6.04 Å². The molecule has 7 N–H and O–H groups in total. The number of hydrogen-bond acceptors (Lipinski definition) is 5. The van der Waals surface area contributed by atoms with Crippen LogP contribution in [0.15, 0.2) is 9.98 Å². The normalized spacial score (nSPS) is 10.1. The van der Waals surface area contributed by atoms with Crippen LogP contribution in [0.5, 0.6) is 0 Å². The molecule has 0 bridgehead atoms. The Balaban J connectivity index is 0. The third-order valence-corrected chi connectivity index (χ3v) is 1.38. The molecule has 0 spiro atoms. The summed E-state index contributed by atoms with van der Waals surface area (Å²) < 4.78 is 0. The summed E-state index contributed by atoms with van der Waals surface area (Å²) in [6, 6.07) is -0.820. The molecule has 16 heavy (non-hydrogen) atoms. The Kier molecular flexibility index (Phi) is 11.5. The fourth-order valence-corrected chi connectivity index (χ4v) is 0.643. The highest BCUT2D eigenvalue weighted by atomic mass is 16.4. The van der Waals surface area contributed by atoms with Crippen LogP contribution in [0.1, 0.15) is 12.8 Å². The SMILES string of the molecule is CN=C=O.NC(N)=NCCC[C@H](N)C(=O)O. The number of aliphatic carboxylic acids is 1. The zero-order valence-electron chi connectivity index (χ0n) is 9.09. The fourth-order valence-electron chi connectivity index (χ4n) is 0.643. The lowest BCUT2D eigenvalue weighted by Gasteiger charge is -2.03. The molecule has 0 aromatic carbocycles. The molecule has 8 heteroatoms. The van der Waals surface area contributed by atoms with Gasteiger partial charge in [-0.25, -0.2) is 9.79 Å². The molecule has 1 atom stereocenters. The van der Waals surface area contributed by atoms with Crippen molar-refractivity contribution in [2.75, 3.05) is 13.6 Å². The number of nitrogens with two attached hydrogens (primary N) is 3. The molecule has 0 aromatic rings. The van der Waals surface area contributed by atoms with Crippen LogP contribution in [-0.4, -0.2) is 42.7 Å². The van der Waals surface area contributed by atoms with Gasteiger partial charge in [-0.05, 0) is 12.8 Å². The standard InChI is InChI=1S/C6H14N4O2.C2H3NO/c7-4(5(11)12)2-1-3-10-6(8)9;1-3-2-4/h4H,1-3,7H2,(H,11,12)(H4,8,9,10);1H3/t4-;/m0./s1. The zero-order valence-corrected chi connectivity index (χ0v) is 9.09. The summed E-state index contributed by atoms with van der Waals surface area (Å²) in [4.78, 5) is 25.7. The third-order valence-electron chi connectivity index (χ3n) is 1.38. The Morgan fingerprint density at radius 1 is 1.50 bits per heavy atom. The molecule has 0 heterocycles. The molecule has 0 fully saturated rings. The van der Waals surface area contributed by atoms with Gasteiger partial charge in [0, 0.05) is 13.6 Å². The van der Waals surface area contributed by atoms with E-state index in [4.69, 9.17) is 27.1 Å². The van der Waals surface area contributed by atoms with Crippen LogP contribution in [0.25, 0.3) is 0 Å². The van der Waals surface area contributed by atoms with Crippen molar-refractivity contribution in [2.45, 2.75) is 18.9 Å². The predicted octanol–water partition coefficient (Wildman–Crippen LogP) is -1.60. The van der Waals surface area contributed by atoms with E-state index in [-0.39, 0.29) is 5.96 Å². The largest absolute Gasteiger partial charge is 0.480 e. The first-order chi connectivity index (χ1) is 7.45. The summed E-state index contributed by atoms with van der Waals surface area (Å²) in [7, 11) is 1.38. The van der Waals surface area contributed by atoms with E-state index < -0.39 is 12.0 Å². The molecule has 0 radical (unpaired) electrons. The average Bonchev–Trinajstić information content (AvgIpc) is 2.24. The minimum Gasteiger partial charge on any atom is -0.480 e. The van der Waals surface area contributed by atoms with Gasteiger partial charge in [0.05, 0.1) is 0 Å².